The van der Waals surface area contributed by atoms with E-state index in [0.717, 1.165) is 12.1 Å². The summed E-state index contributed by atoms with van der Waals surface area (Å²) in [6, 6.07) is 6.86. The highest BCUT2D eigenvalue weighted by molar-refractivity contribution is 9.10. The van der Waals surface area contributed by atoms with E-state index in [4.69, 9.17) is 0 Å². The number of aromatic nitrogens is 2. The van der Waals surface area contributed by atoms with Crippen molar-refractivity contribution in [2.24, 2.45) is 0 Å². The van der Waals surface area contributed by atoms with Gasteiger partial charge in [-0.1, -0.05) is 28.9 Å². The van der Waals surface area contributed by atoms with Gasteiger partial charge in [0.15, 0.2) is 0 Å². The largest absolute Gasteiger partial charge is 0.388 e. The lowest BCUT2D eigenvalue weighted by atomic mass is 10.0. The molecule has 5 heteroatoms. The lowest BCUT2D eigenvalue weighted by Crippen LogP contribution is -2.08. The zero-order valence-corrected chi connectivity index (χ0v) is 13.1. The predicted molar refractivity (Wildman–Crippen MR) is 80.0 cm³/mol. The summed E-state index contributed by atoms with van der Waals surface area (Å²) < 4.78 is 16.2. The molecule has 0 amide bonds. The number of nitrogens with zero attached hydrogens (tertiary/aromatic N) is 2. The molecule has 2 unspecified atom stereocenters. The Labute approximate surface area is 126 Å². The summed E-state index contributed by atoms with van der Waals surface area (Å²) in [6.07, 6.45) is 2.27. The molecule has 0 spiro atoms. The molecule has 2 atom stereocenters. The van der Waals surface area contributed by atoms with Crippen molar-refractivity contribution in [1.29, 1.82) is 0 Å². The van der Waals surface area contributed by atoms with Crippen LogP contribution in [-0.2, 0) is 6.42 Å². The number of hydrogen-bond acceptors (Lipinski definition) is 2. The highest BCUT2D eigenvalue weighted by Crippen LogP contribution is 2.28. The van der Waals surface area contributed by atoms with E-state index in [1.165, 1.54) is 6.07 Å². The van der Waals surface area contributed by atoms with Crippen LogP contribution < -0.4 is 0 Å². The second-order valence-corrected chi connectivity index (χ2v) is 5.75. The fourth-order valence-corrected chi connectivity index (χ4v) is 2.65. The SMILES string of the molecule is CCC(C)n1ccc(CC(O)c2c(F)cccc2Br)n1. The molecular weight excluding hydrogens is 323 g/mol. The Balaban J connectivity index is 2.15. The zero-order valence-electron chi connectivity index (χ0n) is 11.6. The Morgan fingerprint density at radius 2 is 2.15 bits per heavy atom. The van der Waals surface area contributed by atoms with Crippen molar-refractivity contribution in [1.82, 2.24) is 9.78 Å². The minimum atomic E-state index is -0.911. The van der Waals surface area contributed by atoms with Crippen molar-refractivity contribution >= 4 is 15.9 Å². The molecule has 20 heavy (non-hydrogen) atoms. The van der Waals surface area contributed by atoms with Crippen molar-refractivity contribution in [3.05, 3.63) is 52.0 Å². The quantitative estimate of drug-likeness (QED) is 0.892. The van der Waals surface area contributed by atoms with Gasteiger partial charge in [0.2, 0.25) is 0 Å². The summed E-state index contributed by atoms with van der Waals surface area (Å²) in [5.41, 5.74) is 1.04. The first-order valence-electron chi connectivity index (χ1n) is 6.69. The van der Waals surface area contributed by atoms with E-state index in [-0.39, 0.29) is 5.56 Å². The van der Waals surface area contributed by atoms with Gasteiger partial charge in [-0.25, -0.2) is 4.39 Å². The van der Waals surface area contributed by atoms with Crippen molar-refractivity contribution < 1.29 is 9.50 Å². The van der Waals surface area contributed by atoms with Gasteiger partial charge >= 0.3 is 0 Å². The predicted octanol–water partition coefficient (Wildman–Crippen LogP) is 4.03. The molecule has 0 aliphatic rings. The normalized spacial score (nSPS) is 14.2. The highest BCUT2D eigenvalue weighted by Gasteiger charge is 2.18. The zero-order chi connectivity index (χ0) is 14.7. The molecular formula is C15H18BrFN2O. The molecule has 1 heterocycles. The smallest absolute Gasteiger partial charge is 0.130 e. The minimum Gasteiger partial charge on any atom is -0.388 e. The number of halogens is 2. The Kier molecular flexibility index (Phi) is 4.94. The van der Waals surface area contributed by atoms with Crippen LogP contribution in [0, 0.1) is 5.82 Å². The molecule has 108 valence electrons. The van der Waals surface area contributed by atoms with Crippen LogP contribution in [0.25, 0.3) is 0 Å². The summed E-state index contributed by atoms with van der Waals surface area (Å²) in [6.45, 7) is 4.18. The van der Waals surface area contributed by atoms with E-state index in [1.807, 2.05) is 16.9 Å². The number of aliphatic hydroxyl groups excluding tert-OH is 1. The third-order valence-electron chi connectivity index (χ3n) is 3.44. The Morgan fingerprint density at radius 1 is 1.40 bits per heavy atom. The van der Waals surface area contributed by atoms with Gasteiger partial charge < -0.3 is 5.11 Å². The van der Waals surface area contributed by atoms with Crippen LogP contribution in [0.15, 0.2) is 34.9 Å². The van der Waals surface area contributed by atoms with Crippen LogP contribution in [0.1, 0.15) is 43.7 Å². The van der Waals surface area contributed by atoms with Gasteiger partial charge in [0.05, 0.1) is 11.8 Å². The van der Waals surface area contributed by atoms with Gasteiger partial charge in [-0.05, 0) is 31.5 Å². The topological polar surface area (TPSA) is 38.0 Å². The molecule has 0 saturated heterocycles. The van der Waals surface area contributed by atoms with Crippen LogP contribution in [0.4, 0.5) is 4.39 Å². The van der Waals surface area contributed by atoms with Crippen molar-refractivity contribution in [3.8, 4) is 0 Å². The summed E-state index contributed by atoms with van der Waals surface area (Å²) >= 11 is 3.28. The highest BCUT2D eigenvalue weighted by atomic mass is 79.9. The summed E-state index contributed by atoms with van der Waals surface area (Å²) in [5, 5.41) is 14.6. The number of benzene rings is 1. The van der Waals surface area contributed by atoms with Crippen LogP contribution in [-0.4, -0.2) is 14.9 Å². The molecule has 2 aromatic rings. The summed E-state index contributed by atoms with van der Waals surface area (Å²) in [7, 11) is 0. The van der Waals surface area contributed by atoms with Gasteiger partial charge in [0.1, 0.15) is 5.82 Å². The number of rotatable bonds is 5. The Hall–Kier alpha value is -1.20. The molecule has 3 nitrogen and oxygen atoms in total. The van der Waals surface area contributed by atoms with E-state index < -0.39 is 11.9 Å². The monoisotopic (exact) mass is 340 g/mol. The van der Waals surface area contributed by atoms with Crippen molar-refractivity contribution in [2.45, 2.75) is 38.8 Å². The lowest BCUT2D eigenvalue weighted by molar-refractivity contribution is 0.171. The number of aliphatic hydroxyl groups is 1. The van der Waals surface area contributed by atoms with Crippen LogP contribution in [0.2, 0.25) is 0 Å². The van der Waals surface area contributed by atoms with Gasteiger partial charge in [0.25, 0.3) is 0 Å². The van der Waals surface area contributed by atoms with Gasteiger partial charge in [-0.2, -0.15) is 5.10 Å². The first kappa shape index (κ1) is 15.2. The van der Waals surface area contributed by atoms with E-state index >= 15 is 0 Å². The maximum atomic E-state index is 13.8. The van der Waals surface area contributed by atoms with E-state index in [1.54, 1.807) is 12.1 Å². The molecule has 1 aromatic carbocycles. The molecule has 2 rings (SSSR count). The average Bonchev–Trinajstić information content (AvgIpc) is 2.86. The standard InChI is InChI=1S/C15H18BrFN2O/c1-3-10(2)19-8-7-11(18-19)9-14(20)15-12(16)5-4-6-13(15)17/h4-8,10,14,20H,3,9H2,1-2H3. The lowest BCUT2D eigenvalue weighted by Gasteiger charge is -2.13. The fraction of sp³-hybridized carbons (Fsp3) is 0.400. The summed E-state index contributed by atoms with van der Waals surface area (Å²) in [4.78, 5) is 0. The van der Waals surface area contributed by atoms with Gasteiger partial charge in [0, 0.05) is 28.7 Å². The second-order valence-electron chi connectivity index (χ2n) is 4.90. The average molecular weight is 341 g/mol. The first-order valence-corrected chi connectivity index (χ1v) is 7.48. The fourth-order valence-electron chi connectivity index (χ4n) is 2.05. The third kappa shape index (κ3) is 3.27. The molecule has 0 aliphatic heterocycles. The maximum Gasteiger partial charge on any atom is 0.130 e. The Bertz CT molecular complexity index is 565. The second kappa shape index (κ2) is 6.50. The van der Waals surface area contributed by atoms with E-state index in [9.17, 15) is 9.50 Å². The molecule has 0 bridgehead atoms. The number of hydrogen-bond donors (Lipinski definition) is 1. The summed E-state index contributed by atoms with van der Waals surface area (Å²) in [5.74, 6) is -0.409. The van der Waals surface area contributed by atoms with Crippen molar-refractivity contribution in [2.75, 3.05) is 0 Å². The molecule has 1 N–H and O–H groups in total. The van der Waals surface area contributed by atoms with Gasteiger partial charge in [-0.3, -0.25) is 4.68 Å². The van der Waals surface area contributed by atoms with Crippen LogP contribution in [0.3, 0.4) is 0 Å². The minimum absolute atomic E-state index is 0.283. The Morgan fingerprint density at radius 3 is 2.80 bits per heavy atom. The van der Waals surface area contributed by atoms with Crippen LogP contribution in [0.5, 0.6) is 0 Å². The van der Waals surface area contributed by atoms with E-state index in [0.29, 0.717) is 16.9 Å². The molecule has 0 aliphatic carbocycles. The molecule has 0 fully saturated rings. The third-order valence-corrected chi connectivity index (χ3v) is 4.13. The molecule has 0 saturated carbocycles. The van der Waals surface area contributed by atoms with E-state index in [2.05, 4.69) is 34.9 Å². The first-order chi connectivity index (χ1) is 9.52. The molecule has 1 aromatic heterocycles. The molecule has 0 radical (unpaired) electrons. The maximum absolute atomic E-state index is 13.8. The van der Waals surface area contributed by atoms with Crippen LogP contribution >= 0.6 is 15.9 Å². The van der Waals surface area contributed by atoms with Gasteiger partial charge in [-0.15, -0.1) is 0 Å². The van der Waals surface area contributed by atoms with Crippen molar-refractivity contribution in [3.63, 3.8) is 0 Å².